The van der Waals surface area contributed by atoms with Gasteiger partial charge < -0.3 is 4.74 Å². The summed E-state index contributed by atoms with van der Waals surface area (Å²) in [4.78, 5) is 0. The van der Waals surface area contributed by atoms with Gasteiger partial charge in [-0.1, -0.05) is 42.5 Å². The lowest BCUT2D eigenvalue weighted by Crippen LogP contribution is -2.03. The molecule has 0 spiro atoms. The van der Waals surface area contributed by atoms with Gasteiger partial charge in [0.25, 0.3) is 0 Å². The Morgan fingerprint density at radius 3 is 2.35 bits per heavy atom. The van der Waals surface area contributed by atoms with Crippen LogP contribution in [0.2, 0.25) is 0 Å². The zero-order valence-electron chi connectivity index (χ0n) is 9.63. The quantitative estimate of drug-likeness (QED) is 0.794. The Bertz CT molecular complexity index is 528. The highest BCUT2D eigenvalue weighted by Crippen LogP contribution is 2.24. The normalized spacial score (nSPS) is 11.5. The third-order valence-corrected chi connectivity index (χ3v) is 2.58. The molecule has 2 aromatic carbocycles. The number of ether oxygens (including phenoxy) is 1. The SMILES string of the molecule is C[C@@H](Oc1ccccc1C#N)c1ccccc1. The predicted octanol–water partition coefficient (Wildman–Crippen LogP) is 3.70. The van der Waals surface area contributed by atoms with E-state index in [0.29, 0.717) is 11.3 Å². The fourth-order valence-electron chi connectivity index (χ4n) is 1.64. The molecule has 2 rings (SSSR count). The molecule has 1 atom stereocenters. The molecule has 0 saturated heterocycles. The molecular weight excluding hydrogens is 210 g/mol. The van der Waals surface area contributed by atoms with Crippen molar-refractivity contribution in [1.82, 2.24) is 0 Å². The Balaban J connectivity index is 2.19. The molecule has 0 fully saturated rings. The van der Waals surface area contributed by atoms with Gasteiger partial charge in [-0.2, -0.15) is 5.26 Å². The van der Waals surface area contributed by atoms with Gasteiger partial charge >= 0.3 is 0 Å². The lowest BCUT2D eigenvalue weighted by atomic mass is 10.1. The molecule has 0 aliphatic heterocycles. The van der Waals surface area contributed by atoms with Gasteiger partial charge in [-0.05, 0) is 24.6 Å². The maximum atomic E-state index is 8.97. The van der Waals surface area contributed by atoms with Crippen molar-refractivity contribution in [2.45, 2.75) is 13.0 Å². The van der Waals surface area contributed by atoms with Crippen LogP contribution in [0.15, 0.2) is 54.6 Å². The van der Waals surface area contributed by atoms with E-state index in [9.17, 15) is 0 Å². The molecule has 2 nitrogen and oxygen atoms in total. The van der Waals surface area contributed by atoms with Crippen LogP contribution < -0.4 is 4.74 Å². The minimum absolute atomic E-state index is 0.0642. The van der Waals surface area contributed by atoms with Crippen LogP contribution in [0, 0.1) is 11.3 Å². The highest BCUT2D eigenvalue weighted by atomic mass is 16.5. The maximum absolute atomic E-state index is 8.97. The molecule has 0 heterocycles. The number of para-hydroxylation sites is 1. The number of rotatable bonds is 3. The summed E-state index contributed by atoms with van der Waals surface area (Å²) >= 11 is 0. The van der Waals surface area contributed by atoms with E-state index < -0.39 is 0 Å². The fourth-order valence-corrected chi connectivity index (χ4v) is 1.64. The van der Waals surface area contributed by atoms with E-state index in [1.165, 1.54) is 0 Å². The minimum Gasteiger partial charge on any atom is -0.485 e. The highest BCUT2D eigenvalue weighted by molar-refractivity contribution is 5.42. The second-order valence-corrected chi connectivity index (χ2v) is 3.78. The van der Waals surface area contributed by atoms with Crippen LogP contribution in [0.1, 0.15) is 24.2 Å². The van der Waals surface area contributed by atoms with Crippen molar-refractivity contribution in [3.8, 4) is 11.8 Å². The lowest BCUT2D eigenvalue weighted by Gasteiger charge is -2.15. The Hall–Kier alpha value is -2.27. The van der Waals surface area contributed by atoms with Crippen LogP contribution in [0.25, 0.3) is 0 Å². The molecule has 0 saturated carbocycles. The number of nitriles is 1. The van der Waals surface area contributed by atoms with Gasteiger partial charge in [0.15, 0.2) is 0 Å². The number of hydrogen-bond acceptors (Lipinski definition) is 2. The highest BCUT2D eigenvalue weighted by Gasteiger charge is 2.09. The van der Waals surface area contributed by atoms with Gasteiger partial charge in [-0.25, -0.2) is 0 Å². The van der Waals surface area contributed by atoms with E-state index in [1.54, 1.807) is 6.07 Å². The van der Waals surface area contributed by atoms with Crippen molar-refractivity contribution in [2.75, 3.05) is 0 Å². The first kappa shape index (κ1) is 11.2. The van der Waals surface area contributed by atoms with Crippen LogP contribution >= 0.6 is 0 Å². The number of nitrogens with zero attached hydrogens (tertiary/aromatic N) is 1. The first-order valence-electron chi connectivity index (χ1n) is 5.52. The van der Waals surface area contributed by atoms with Crippen molar-refractivity contribution in [1.29, 1.82) is 5.26 Å². The zero-order valence-corrected chi connectivity index (χ0v) is 9.63. The summed E-state index contributed by atoms with van der Waals surface area (Å²) in [6, 6.07) is 19.4. The first-order chi connectivity index (χ1) is 8.31. The monoisotopic (exact) mass is 223 g/mol. The van der Waals surface area contributed by atoms with Crippen LogP contribution in [-0.4, -0.2) is 0 Å². The summed E-state index contributed by atoms with van der Waals surface area (Å²) in [7, 11) is 0. The van der Waals surface area contributed by atoms with Gasteiger partial charge in [-0.3, -0.25) is 0 Å². The van der Waals surface area contributed by atoms with E-state index in [4.69, 9.17) is 10.00 Å². The van der Waals surface area contributed by atoms with E-state index in [2.05, 4.69) is 6.07 Å². The van der Waals surface area contributed by atoms with Gasteiger partial charge in [0.1, 0.15) is 17.9 Å². The third kappa shape index (κ3) is 2.64. The van der Waals surface area contributed by atoms with Crippen molar-refractivity contribution >= 4 is 0 Å². The molecular formula is C15H13NO. The number of benzene rings is 2. The van der Waals surface area contributed by atoms with Crippen molar-refractivity contribution < 1.29 is 4.74 Å². The van der Waals surface area contributed by atoms with Crippen LogP contribution in [0.3, 0.4) is 0 Å². The average molecular weight is 223 g/mol. The summed E-state index contributed by atoms with van der Waals surface area (Å²) < 4.78 is 5.80. The fraction of sp³-hybridized carbons (Fsp3) is 0.133. The Morgan fingerprint density at radius 1 is 1.00 bits per heavy atom. The molecule has 0 N–H and O–H groups in total. The molecule has 0 bridgehead atoms. The number of hydrogen-bond donors (Lipinski definition) is 0. The Morgan fingerprint density at radius 2 is 1.65 bits per heavy atom. The minimum atomic E-state index is -0.0642. The summed E-state index contributed by atoms with van der Waals surface area (Å²) in [6.45, 7) is 1.98. The van der Waals surface area contributed by atoms with E-state index in [-0.39, 0.29) is 6.10 Å². The summed E-state index contributed by atoms with van der Waals surface area (Å²) in [5.41, 5.74) is 1.66. The molecule has 2 aromatic rings. The molecule has 0 radical (unpaired) electrons. The van der Waals surface area contributed by atoms with Gasteiger partial charge in [0, 0.05) is 0 Å². The molecule has 2 heteroatoms. The second-order valence-electron chi connectivity index (χ2n) is 3.78. The standard InChI is InChI=1S/C15H13NO/c1-12(13-7-3-2-4-8-13)17-15-10-6-5-9-14(15)11-16/h2-10,12H,1H3/t12-/m1/s1. The molecule has 84 valence electrons. The summed E-state index contributed by atoms with van der Waals surface area (Å²) in [6.07, 6.45) is -0.0642. The van der Waals surface area contributed by atoms with Crippen LogP contribution in [0.5, 0.6) is 5.75 Å². The second kappa shape index (κ2) is 5.18. The van der Waals surface area contributed by atoms with Crippen LogP contribution in [0.4, 0.5) is 0 Å². The largest absolute Gasteiger partial charge is 0.485 e. The third-order valence-electron chi connectivity index (χ3n) is 2.58. The molecule has 0 aliphatic carbocycles. The van der Waals surface area contributed by atoms with Crippen molar-refractivity contribution in [3.05, 3.63) is 65.7 Å². The Labute approximate surface area is 101 Å². The van der Waals surface area contributed by atoms with Gasteiger partial charge in [-0.15, -0.1) is 0 Å². The van der Waals surface area contributed by atoms with Crippen LogP contribution in [-0.2, 0) is 0 Å². The van der Waals surface area contributed by atoms with Gasteiger partial charge in [0.2, 0.25) is 0 Å². The maximum Gasteiger partial charge on any atom is 0.137 e. The molecule has 0 aliphatic rings. The molecule has 0 amide bonds. The van der Waals surface area contributed by atoms with E-state index in [1.807, 2.05) is 55.5 Å². The Kier molecular flexibility index (Phi) is 3.42. The summed E-state index contributed by atoms with van der Waals surface area (Å²) in [5.74, 6) is 0.631. The lowest BCUT2D eigenvalue weighted by molar-refractivity contribution is 0.226. The topological polar surface area (TPSA) is 33.0 Å². The predicted molar refractivity (Wildman–Crippen MR) is 66.6 cm³/mol. The van der Waals surface area contributed by atoms with E-state index >= 15 is 0 Å². The smallest absolute Gasteiger partial charge is 0.137 e. The summed E-state index contributed by atoms with van der Waals surface area (Å²) in [5, 5.41) is 8.97. The average Bonchev–Trinajstić information content (AvgIpc) is 2.40. The molecule has 0 aromatic heterocycles. The zero-order chi connectivity index (χ0) is 12.1. The van der Waals surface area contributed by atoms with E-state index in [0.717, 1.165) is 5.56 Å². The van der Waals surface area contributed by atoms with Crippen molar-refractivity contribution in [3.63, 3.8) is 0 Å². The van der Waals surface area contributed by atoms with Gasteiger partial charge in [0.05, 0.1) is 5.56 Å². The molecule has 17 heavy (non-hydrogen) atoms. The molecule has 0 unspecified atom stereocenters. The van der Waals surface area contributed by atoms with Crippen molar-refractivity contribution in [2.24, 2.45) is 0 Å². The first-order valence-corrected chi connectivity index (χ1v) is 5.52.